The molecule has 0 fully saturated rings. The lowest BCUT2D eigenvalue weighted by atomic mass is 10.0. The Morgan fingerprint density at radius 3 is 2.58 bits per heavy atom. The summed E-state index contributed by atoms with van der Waals surface area (Å²) in [6, 6.07) is 0.937. The number of hydrogen-bond acceptors (Lipinski definition) is 4. The number of H-pyrrole nitrogens is 2. The largest absolute Gasteiger partial charge is 0.481 e. The Labute approximate surface area is 107 Å². The van der Waals surface area contributed by atoms with Gasteiger partial charge in [-0.1, -0.05) is 13.3 Å². The standard InChI is InChI=1S/C11H15N3O5/c1-2-3-6(10(17)18)5-12-9(16)7-4-8(15)14-11(19)13-7/h4,6H,2-3,5H2,1H3,(H,12,16)(H,17,18)(H2,13,14,15,19). The van der Waals surface area contributed by atoms with Crippen molar-refractivity contribution in [3.05, 3.63) is 32.6 Å². The molecule has 4 N–H and O–H groups in total. The van der Waals surface area contributed by atoms with Crippen LogP contribution in [0.1, 0.15) is 30.3 Å². The van der Waals surface area contributed by atoms with E-state index in [4.69, 9.17) is 5.11 Å². The van der Waals surface area contributed by atoms with E-state index in [2.05, 4.69) is 10.3 Å². The molecule has 0 spiro atoms. The molecule has 104 valence electrons. The monoisotopic (exact) mass is 269 g/mol. The molecule has 1 atom stereocenters. The number of carboxylic acids is 1. The molecule has 19 heavy (non-hydrogen) atoms. The predicted octanol–water partition coefficient (Wildman–Crippen LogP) is -0.706. The quantitative estimate of drug-likeness (QED) is 0.541. The van der Waals surface area contributed by atoms with Gasteiger partial charge in [0.1, 0.15) is 5.69 Å². The first-order chi connectivity index (χ1) is 8.93. The molecule has 1 aromatic rings. The summed E-state index contributed by atoms with van der Waals surface area (Å²) in [6.07, 6.45) is 1.11. The zero-order valence-corrected chi connectivity index (χ0v) is 10.4. The van der Waals surface area contributed by atoms with Gasteiger partial charge in [0.25, 0.3) is 11.5 Å². The number of carboxylic acid groups (broad SMARTS) is 1. The highest BCUT2D eigenvalue weighted by Crippen LogP contribution is 2.05. The molecule has 8 nitrogen and oxygen atoms in total. The van der Waals surface area contributed by atoms with E-state index >= 15 is 0 Å². The third-order valence-electron chi connectivity index (χ3n) is 2.50. The Morgan fingerprint density at radius 2 is 2.05 bits per heavy atom. The van der Waals surface area contributed by atoms with Crippen LogP contribution in [0.3, 0.4) is 0 Å². The SMILES string of the molecule is CCCC(CNC(=O)c1cc(=O)[nH]c(=O)[nH]1)C(=O)O. The van der Waals surface area contributed by atoms with E-state index in [0.29, 0.717) is 12.8 Å². The van der Waals surface area contributed by atoms with Crippen LogP contribution < -0.4 is 16.6 Å². The van der Waals surface area contributed by atoms with Crippen LogP contribution in [-0.4, -0.2) is 33.5 Å². The van der Waals surface area contributed by atoms with E-state index in [-0.39, 0.29) is 12.2 Å². The average molecular weight is 269 g/mol. The summed E-state index contributed by atoms with van der Waals surface area (Å²) in [5.41, 5.74) is -1.69. The van der Waals surface area contributed by atoms with Gasteiger partial charge in [-0.2, -0.15) is 0 Å². The minimum Gasteiger partial charge on any atom is -0.481 e. The van der Waals surface area contributed by atoms with Gasteiger partial charge < -0.3 is 15.4 Å². The number of nitrogens with one attached hydrogen (secondary N) is 3. The molecule has 1 rings (SSSR count). The van der Waals surface area contributed by atoms with Crippen LogP contribution in [0.4, 0.5) is 0 Å². The second kappa shape index (κ2) is 6.53. The summed E-state index contributed by atoms with van der Waals surface area (Å²) in [5, 5.41) is 11.3. The van der Waals surface area contributed by atoms with Gasteiger partial charge in [-0.05, 0) is 6.42 Å². The van der Waals surface area contributed by atoms with Crippen LogP contribution in [-0.2, 0) is 4.79 Å². The molecule has 0 aliphatic carbocycles. The number of carbonyl (C=O) groups excluding carboxylic acids is 1. The number of amides is 1. The zero-order valence-electron chi connectivity index (χ0n) is 10.4. The second-order valence-corrected chi connectivity index (χ2v) is 4.04. The fourth-order valence-corrected chi connectivity index (χ4v) is 1.56. The third kappa shape index (κ3) is 4.41. The molecule has 0 radical (unpaired) electrons. The van der Waals surface area contributed by atoms with E-state index in [0.717, 1.165) is 6.07 Å². The van der Waals surface area contributed by atoms with Gasteiger partial charge in [0.2, 0.25) is 0 Å². The fraction of sp³-hybridized carbons (Fsp3) is 0.455. The lowest BCUT2D eigenvalue weighted by Crippen LogP contribution is -2.35. The van der Waals surface area contributed by atoms with Gasteiger partial charge >= 0.3 is 11.7 Å². The maximum atomic E-state index is 11.7. The molecule has 1 heterocycles. The molecule has 0 saturated heterocycles. The Morgan fingerprint density at radius 1 is 1.37 bits per heavy atom. The Balaban J connectivity index is 2.71. The van der Waals surface area contributed by atoms with Crippen molar-refractivity contribution >= 4 is 11.9 Å². The molecular formula is C11H15N3O5. The van der Waals surface area contributed by atoms with E-state index in [1.54, 1.807) is 0 Å². The van der Waals surface area contributed by atoms with E-state index < -0.39 is 29.0 Å². The van der Waals surface area contributed by atoms with E-state index in [1.807, 2.05) is 11.9 Å². The normalized spacial score (nSPS) is 11.8. The maximum absolute atomic E-state index is 11.7. The lowest BCUT2D eigenvalue weighted by Gasteiger charge is -2.11. The molecule has 1 amide bonds. The molecule has 1 unspecified atom stereocenters. The summed E-state index contributed by atoms with van der Waals surface area (Å²) >= 11 is 0. The number of rotatable bonds is 6. The molecule has 0 saturated carbocycles. The molecular weight excluding hydrogens is 254 g/mol. The van der Waals surface area contributed by atoms with Crippen LogP contribution >= 0.6 is 0 Å². The summed E-state index contributed by atoms with van der Waals surface area (Å²) in [4.78, 5) is 48.6. The minimum absolute atomic E-state index is 0.0587. The molecule has 0 aliphatic rings. The summed E-state index contributed by atoms with van der Waals surface area (Å²) < 4.78 is 0. The van der Waals surface area contributed by atoms with Crippen molar-refractivity contribution in [2.24, 2.45) is 5.92 Å². The highest BCUT2D eigenvalue weighted by molar-refractivity contribution is 5.92. The average Bonchev–Trinajstić information content (AvgIpc) is 2.32. The molecule has 0 bridgehead atoms. The van der Waals surface area contributed by atoms with Crippen molar-refractivity contribution in [1.29, 1.82) is 0 Å². The summed E-state index contributed by atoms with van der Waals surface area (Å²) in [6.45, 7) is 1.78. The highest BCUT2D eigenvalue weighted by atomic mass is 16.4. The third-order valence-corrected chi connectivity index (χ3v) is 2.50. The summed E-state index contributed by atoms with van der Waals surface area (Å²) in [7, 11) is 0. The minimum atomic E-state index is -0.999. The lowest BCUT2D eigenvalue weighted by molar-refractivity contribution is -0.141. The van der Waals surface area contributed by atoms with Crippen molar-refractivity contribution in [3.8, 4) is 0 Å². The van der Waals surface area contributed by atoms with Crippen LogP contribution in [0.25, 0.3) is 0 Å². The predicted molar refractivity (Wildman–Crippen MR) is 66.1 cm³/mol. The van der Waals surface area contributed by atoms with Gasteiger partial charge in [-0.3, -0.25) is 19.4 Å². The van der Waals surface area contributed by atoms with Crippen molar-refractivity contribution in [2.45, 2.75) is 19.8 Å². The van der Waals surface area contributed by atoms with Gasteiger partial charge in [-0.25, -0.2) is 4.79 Å². The first kappa shape index (κ1) is 14.7. The number of aromatic amines is 2. The van der Waals surface area contributed by atoms with Crippen LogP contribution in [0.5, 0.6) is 0 Å². The van der Waals surface area contributed by atoms with Gasteiger partial charge in [-0.15, -0.1) is 0 Å². The van der Waals surface area contributed by atoms with Crippen molar-refractivity contribution in [3.63, 3.8) is 0 Å². The number of aromatic nitrogens is 2. The van der Waals surface area contributed by atoms with Crippen LogP contribution in [0.15, 0.2) is 15.7 Å². The van der Waals surface area contributed by atoms with Crippen LogP contribution in [0, 0.1) is 5.92 Å². The van der Waals surface area contributed by atoms with Crippen LogP contribution in [0.2, 0.25) is 0 Å². The highest BCUT2D eigenvalue weighted by Gasteiger charge is 2.18. The molecule has 0 aliphatic heterocycles. The van der Waals surface area contributed by atoms with Crippen molar-refractivity contribution in [2.75, 3.05) is 6.54 Å². The Hall–Kier alpha value is -2.38. The van der Waals surface area contributed by atoms with E-state index in [9.17, 15) is 19.2 Å². The number of hydrogen-bond donors (Lipinski definition) is 4. The topological polar surface area (TPSA) is 132 Å². The van der Waals surface area contributed by atoms with Gasteiger partial charge in [0, 0.05) is 12.6 Å². The summed E-state index contributed by atoms with van der Waals surface area (Å²) in [5.74, 6) is -2.38. The maximum Gasteiger partial charge on any atom is 0.326 e. The van der Waals surface area contributed by atoms with Crippen molar-refractivity contribution in [1.82, 2.24) is 15.3 Å². The second-order valence-electron chi connectivity index (χ2n) is 4.04. The number of aliphatic carboxylic acids is 1. The first-order valence-electron chi connectivity index (χ1n) is 5.78. The fourth-order valence-electron chi connectivity index (χ4n) is 1.56. The Kier molecular flexibility index (Phi) is 5.04. The van der Waals surface area contributed by atoms with Gasteiger partial charge in [0.15, 0.2) is 0 Å². The zero-order chi connectivity index (χ0) is 14.4. The first-order valence-corrected chi connectivity index (χ1v) is 5.78. The molecule has 8 heteroatoms. The van der Waals surface area contributed by atoms with Crippen molar-refractivity contribution < 1.29 is 14.7 Å². The molecule has 1 aromatic heterocycles. The smallest absolute Gasteiger partial charge is 0.326 e. The van der Waals surface area contributed by atoms with E-state index in [1.165, 1.54) is 0 Å². The molecule has 0 aromatic carbocycles. The van der Waals surface area contributed by atoms with Gasteiger partial charge in [0.05, 0.1) is 5.92 Å². The number of carbonyl (C=O) groups is 2. The Bertz CT molecular complexity index is 546.